The number of hydrogen-bond donors (Lipinski definition) is 1. The molecular formula is C25H37N3O3. The lowest BCUT2D eigenvalue weighted by Gasteiger charge is -2.44. The third-order valence-electron chi connectivity index (χ3n) is 6.95. The Morgan fingerprint density at radius 3 is 2.58 bits per heavy atom. The summed E-state index contributed by atoms with van der Waals surface area (Å²) in [6.07, 6.45) is 10.5. The van der Waals surface area contributed by atoms with Crippen LogP contribution in [0.1, 0.15) is 51.0 Å². The van der Waals surface area contributed by atoms with Crippen LogP contribution in [0.25, 0.3) is 6.08 Å². The van der Waals surface area contributed by atoms with Crippen molar-refractivity contribution in [1.29, 1.82) is 0 Å². The van der Waals surface area contributed by atoms with Crippen LogP contribution in [-0.2, 0) is 9.59 Å². The maximum absolute atomic E-state index is 12.6. The van der Waals surface area contributed by atoms with Gasteiger partial charge in [0.25, 0.3) is 0 Å². The fraction of sp³-hybridized carbons (Fsp3) is 0.600. The normalized spacial score (nSPS) is 22.6. The number of ether oxygens (including phenoxy) is 1. The molecule has 170 valence electrons. The number of nitrogens with one attached hydrogen (secondary N) is 1. The molecule has 1 N–H and O–H groups in total. The molecule has 0 aromatic heterocycles. The first kappa shape index (κ1) is 23.3. The van der Waals surface area contributed by atoms with E-state index in [4.69, 9.17) is 4.74 Å². The number of piperidine rings is 1. The molecule has 0 bridgehead atoms. The van der Waals surface area contributed by atoms with Crippen molar-refractivity contribution in [2.75, 3.05) is 33.8 Å². The number of carbonyl (C=O) groups is 2. The highest BCUT2D eigenvalue weighted by atomic mass is 16.5. The molecule has 1 aliphatic heterocycles. The van der Waals surface area contributed by atoms with Crippen LogP contribution in [0.5, 0.6) is 5.75 Å². The van der Waals surface area contributed by atoms with Gasteiger partial charge in [0.15, 0.2) is 0 Å². The third kappa shape index (κ3) is 6.33. The molecule has 1 aliphatic carbocycles. The van der Waals surface area contributed by atoms with Crippen LogP contribution < -0.4 is 10.1 Å². The molecule has 0 spiro atoms. The Kier molecular flexibility index (Phi) is 8.52. The lowest BCUT2D eigenvalue weighted by Crippen LogP contribution is -2.51. The second-order valence-electron chi connectivity index (χ2n) is 8.90. The predicted octanol–water partition coefficient (Wildman–Crippen LogP) is 3.33. The predicted molar refractivity (Wildman–Crippen MR) is 124 cm³/mol. The molecule has 0 radical (unpaired) electrons. The van der Waals surface area contributed by atoms with Gasteiger partial charge in [-0.2, -0.15) is 0 Å². The van der Waals surface area contributed by atoms with Gasteiger partial charge in [0.05, 0.1) is 13.7 Å². The summed E-state index contributed by atoms with van der Waals surface area (Å²) in [4.78, 5) is 29.2. The summed E-state index contributed by atoms with van der Waals surface area (Å²) >= 11 is 0. The van der Waals surface area contributed by atoms with Gasteiger partial charge in [0.2, 0.25) is 11.8 Å². The number of likely N-dealkylation sites (tertiary alicyclic amines) is 1. The fourth-order valence-electron chi connectivity index (χ4n) is 5.00. The van der Waals surface area contributed by atoms with Crippen molar-refractivity contribution in [3.63, 3.8) is 0 Å². The van der Waals surface area contributed by atoms with E-state index in [0.717, 1.165) is 37.4 Å². The van der Waals surface area contributed by atoms with Gasteiger partial charge in [-0.3, -0.25) is 9.59 Å². The maximum atomic E-state index is 12.6. The Labute approximate surface area is 186 Å². The van der Waals surface area contributed by atoms with Crippen LogP contribution in [0.2, 0.25) is 0 Å². The number of benzene rings is 1. The summed E-state index contributed by atoms with van der Waals surface area (Å²) in [5, 5.41) is 2.71. The average molecular weight is 428 g/mol. The van der Waals surface area contributed by atoms with Crippen molar-refractivity contribution >= 4 is 17.9 Å². The van der Waals surface area contributed by atoms with E-state index in [1.54, 1.807) is 13.2 Å². The molecule has 6 nitrogen and oxygen atoms in total. The van der Waals surface area contributed by atoms with E-state index in [1.807, 2.05) is 29.2 Å². The Hall–Kier alpha value is -2.34. The first-order chi connectivity index (χ1) is 15.0. The monoisotopic (exact) mass is 427 g/mol. The zero-order valence-electron chi connectivity index (χ0n) is 19.2. The Morgan fingerprint density at radius 2 is 1.87 bits per heavy atom. The van der Waals surface area contributed by atoms with E-state index in [-0.39, 0.29) is 18.4 Å². The number of amides is 2. The van der Waals surface area contributed by atoms with Gasteiger partial charge in [0, 0.05) is 36.8 Å². The summed E-state index contributed by atoms with van der Waals surface area (Å²) in [5.74, 6) is 1.18. The standard InChI is InChI=1S/C25H37N3O3/c1-19-8-4-6-10-22(19)27(2)21-14-16-28(17-15-21)25(30)18-26-24(29)13-12-20-9-5-7-11-23(20)31-3/h5,7,9,11-13,19,21-22H,4,6,8,10,14-18H2,1-3H3,(H,26,29)/b13-12+. The number of nitrogens with zero attached hydrogens (tertiary/aromatic N) is 2. The van der Waals surface area contributed by atoms with Crippen molar-refractivity contribution in [2.45, 2.75) is 57.5 Å². The van der Waals surface area contributed by atoms with Crippen molar-refractivity contribution in [1.82, 2.24) is 15.1 Å². The molecule has 2 unspecified atom stereocenters. The number of para-hydroxylation sites is 1. The van der Waals surface area contributed by atoms with Gasteiger partial charge < -0.3 is 19.9 Å². The molecule has 1 heterocycles. The summed E-state index contributed by atoms with van der Waals surface area (Å²) < 4.78 is 5.28. The lowest BCUT2D eigenvalue weighted by molar-refractivity contribution is -0.133. The van der Waals surface area contributed by atoms with Gasteiger partial charge in [0.1, 0.15) is 5.75 Å². The van der Waals surface area contributed by atoms with Crippen LogP contribution in [0.3, 0.4) is 0 Å². The second-order valence-corrected chi connectivity index (χ2v) is 8.90. The van der Waals surface area contributed by atoms with E-state index in [1.165, 1.54) is 31.8 Å². The van der Waals surface area contributed by atoms with Crippen LogP contribution in [0.15, 0.2) is 30.3 Å². The molecule has 2 atom stereocenters. The smallest absolute Gasteiger partial charge is 0.244 e. The van der Waals surface area contributed by atoms with Crippen LogP contribution in [0, 0.1) is 5.92 Å². The van der Waals surface area contributed by atoms with Crippen molar-refractivity contribution in [3.8, 4) is 5.75 Å². The quantitative estimate of drug-likeness (QED) is 0.678. The average Bonchev–Trinajstić information content (AvgIpc) is 2.81. The van der Waals surface area contributed by atoms with Crippen LogP contribution in [-0.4, -0.2) is 67.5 Å². The van der Waals surface area contributed by atoms with Crippen LogP contribution in [0.4, 0.5) is 0 Å². The first-order valence-corrected chi connectivity index (χ1v) is 11.6. The highest BCUT2D eigenvalue weighted by molar-refractivity contribution is 5.94. The second kappa shape index (κ2) is 11.3. The van der Waals surface area contributed by atoms with Gasteiger partial charge in [-0.05, 0) is 50.8 Å². The molecule has 1 saturated carbocycles. The number of methoxy groups -OCH3 is 1. The molecule has 1 aromatic carbocycles. The lowest BCUT2D eigenvalue weighted by atomic mass is 9.84. The zero-order chi connectivity index (χ0) is 22.2. The minimum absolute atomic E-state index is 0.00817. The molecule has 2 fully saturated rings. The summed E-state index contributed by atoms with van der Waals surface area (Å²) in [6.45, 7) is 3.95. The van der Waals surface area contributed by atoms with E-state index in [9.17, 15) is 9.59 Å². The van der Waals surface area contributed by atoms with Gasteiger partial charge >= 0.3 is 0 Å². The maximum Gasteiger partial charge on any atom is 0.244 e. The van der Waals surface area contributed by atoms with Gasteiger partial charge in [-0.25, -0.2) is 0 Å². The largest absolute Gasteiger partial charge is 0.496 e. The van der Waals surface area contributed by atoms with Crippen molar-refractivity contribution in [3.05, 3.63) is 35.9 Å². The fourth-order valence-corrected chi connectivity index (χ4v) is 5.00. The third-order valence-corrected chi connectivity index (χ3v) is 6.95. The molecule has 6 heteroatoms. The Morgan fingerprint density at radius 1 is 1.16 bits per heavy atom. The molecule has 2 aliphatic rings. The Balaban J connectivity index is 1.41. The molecule has 1 saturated heterocycles. The zero-order valence-corrected chi connectivity index (χ0v) is 19.2. The van der Waals surface area contributed by atoms with Gasteiger partial charge in [-0.1, -0.05) is 38.0 Å². The van der Waals surface area contributed by atoms with Crippen molar-refractivity contribution < 1.29 is 14.3 Å². The summed E-state index contributed by atoms with van der Waals surface area (Å²) in [7, 11) is 3.87. The molecule has 1 aromatic rings. The number of rotatable bonds is 7. The molecule has 2 amide bonds. The minimum atomic E-state index is -0.278. The molecular weight excluding hydrogens is 390 g/mol. The van der Waals surface area contributed by atoms with Crippen molar-refractivity contribution in [2.24, 2.45) is 5.92 Å². The molecule has 3 rings (SSSR count). The number of carbonyl (C=O) groups excluding carboxylic acids is 2. The highest BCUT2D eigenvalue weighted by Gasteiger charge is 2.32. The van der Waals surface area contributed by atoms with E-state index in [0.29, 0.717) is 17.8 Å². The topological polar surface area (TPSA) is 61.9 Å². The van der Waals surface area contributed by atoms with Crippen LogP contribution >= 0.6 is 0 Å². The highest BCUT2D eigenvalue weighted by Crippen LogP contribution is 2.30. The molecule has 31 heavy (non-hydrogen) atoms. The summed E-state index contributed by atoms with van der Waals surface area (Å²) in [6, 6.07) is 8.72. The van der Waals surface area contributed by atoms with E-state index >= 15 is 0 Å². The SMILES string of the molecule is COc1ccccc1/C=C/C(=O)NCC(=O)N1CCC(N(C)C2CCCCC2C)CC1. The Bertz CT molecular complexity index is 771. The van der Waals surface area contributed by atoms with Gasteiger partial charge in [-0.15, -0.1) is 0 Å². The van der Waals surface area contributed by atoms with E-state index in [2.05, 4.69) is 24.2 Å². The van der Waals surface area contributed by atoms with E-state index < -0.39 is 0 Å². The minimum Gasteiger partial charge on any atom is -0.496 e. The first-order valence-electron chi connectivity index (χ1n) is 11.6. The summed E-state index contributed by atoms with van der Waals surface area (Å²) in [5.41, 5.74) is 0.824. The number of hydrogen-bond acceptors (Lipinski definition) is 4.